The second-order valence-corrected chi connectivity index (χ2v) is 5.20. The maximum absolute atomic E-state index is 12.2. The summed E-state index contributed by atoms with van der Waals surface area (Å²) in [6.45, 7) is 0. The lowest BCUT2D eigenvalue weighted by Crippen LogP contribution is -2.48. The molecular formula is C17H17N3O4S. The highest BCUT2D eigenvalue weighted by atomic mass is 32.1. The van der Waals surface area contributed by atoms with E-state index in [1.165, 1.54) is 7.11 Å². The number of amides is 2. The van der Waals surface area contributed by atoms with Gasteiger partial charge in [0.25, 0.3) is 11.8 Å². The molecule has 0 heterocycles. The summed E-state index contributed by atoms with van der Waals surface area (Å²) in [4.78, 5) is 24.2. The first-order valence-corrected chi connectivity index (χ1v) is 7.64. The minimum atomic E-state index is -0.450. The van der Waals surface area contributed by atoms with Gasteiger partial charge in [0, 0.05) is 5.56 Å². The van der Waals surface area contributed by atoms with E-state index in [1.54, 1.807) is 55.6 Å². The van der Waals surface area contributed by atoms with Crippen molar-refractivity contribution in [3.8, 4) is 11.5 Å². The van der Waals surface area contributed by atoms with Crippen LogP contribution in [0.15, 0.2) is 48.5 Å². The molecule has 3 N–H and O–H groups in total. The molecule has 2 aromatic rings. The SMILES string of the molecule is COc1ccc(C(=O)NNC(=S)NC(=O)c2ccccc2OC)cc1. The van der Waals surface area contributed by atoms with Crippen LogP contribution in [0.5, 0.6) is 11.5 Å². The number of ether oxygens (including phenoxy) is 2. The van der Waals surface area contributed by atoms with Gasteiger partial charge in [0.15, 0.2) is 5.11 Å². The molecule has 2 rings (SSSR count). The van der Waals surface area contributed by atoms with Gasteiger partial charge in [0.05, 0.1) is 19.8 Å². The molecule has 0 saturated heterocycles. The van der Waals surface area contributed by atoms with Gasteiger partial charge in [-0.3, -0.25) is 25.8 Å². The van der Waals surface area contributed by atoms with Crippen LogP contribution in [0.1, 0.15) is 20.7 Å². The topological polar surface area (TPSA) is 88.7 Å². The second kappa shape index (κ2) is 8.65. The zero-order chi connectivity index (χ0) is 18.2. The molecular weight excluding hydrogens is 342 g/mol. The summed E-state index contributed by atoms with van der Waals surface area (Å²) in [6.07, 6.45) is 0. The van der Waals surface area contributed by atoms with Crippen molar-refractivity contribution in [1.29, 1.82) is 0 Å². The first-order chi connectivity index (χ1) is 12.0. The van der Waals surface area contributed by atoms with E-state index in [2.05, 4.69) is 16.2 Å². The first kappa shape index (κ1) is 18.2. The van der Waals surface area contributed by atoms with Crippen molar-refractivity contribution in [2.24, 2.45) is 0 Å². The molecule has 0 aliphatic rings. The van der Waals surface area contributed by atoms with Crippen LogP contribution >= 0.6 is 12.2 Å². The smallest absolute Gasteiger partial charge is 0.269 e. The number of hydrogen-bond acceptors (Lipinski definition) is 5. The number of benzene rings is 2. The molecule has 25 heavy (non-hydrogen) atoms. The van der Waals surface area contributed by atoms with Gasteiger partial charge < -0.3 is 9.47 Å². The summed E-state index contributed by atoms with van der Waals surface area (Å²) in [7, 11) is 3.01. The van der Waals surface area contributed by atoms with Crippen molar-refractivity contribution in [2.45, 2.75) is 0 Å². The van der Waals surface area contributed by atoms with Crippen LogP contribution in [0, 0.1) is 0 Å². The fraction of sp³-hybridized carbons (Fsp3) is 0.118. The minimum Gasteiger partial charge on any atom is -0.497 e. The predicted molar refractivity (Wildman–Crippen MR) is 96.7 cm³/mol. The van der Waals surface area contributed by atoms with E-state index in [4.69, 9.17) is 21.7 Å². The highest BCUT2D eigenvalue weighted by Crippen LogP contribution is 2.16. The lowest BCUT2D eigenvalue weighted by atomic mass is 10.2. The molecule has 2 amide bonds. The maximum Gasteiger partial charge on any atom is 0.269 e. The molecule has 0 spiro atoms. The number of thiocarbonyl (C=S) groups is 1. The second-order valence-electron chi connectivity index (χ2n) is 4.79. The molecule has 2 aromatic carbocycles. The highest BCUT2D eigenvalue weighted by molar-refractivity contribution is 7.80. The Morgan fingerprint density at radius 2 is 1.56 bits per heavy atom. The Morgan fingerprint density at radius 3 is 2.20 bits per heavy atom. The standard InChI is InChI=1S/C17H17N3O4S/c1-23-12-9-7-11(8-10-12)15(21)19-20-17(25)18-16(22)13-5-3-4-6-14(13)24-2/h3-10H,1-2H3,(H,19,21)(H2,18,20,22,25). The summed E-state index contributed by atoms with van der Waals surface area (Å²) in [5, 5.41) is 2.42. The summed E-state index contributed by atoms with van der Waals surface area (Å²) < 4.78 is 10.1. The molecule has 0 bridgehead atoms. The van der Waals surface area contributed by atoms with Gasteiger partial charge in [-0.15, -0.1) is 0 Å². The van der Waals surface area contributed by atoms with Crippen LogP contribution in [0.4, 0.5) is 0 Å². The van der Waals surface area contributed by atoms with Crippen molar-refractivity contribution >= 4 is 29.1 Å². The Morgan fingerprint density at radius 1 is 0.880 bits per heavy atom. The number of carbonyl (C=O) groups excluding carboxylic acids is 2. The zero-order valence-corrected chi connectivity index (χ0v) is 14.5. The van der Waals surface area contributed by atoms with Gasteiger partial charge in [0.2, 0.25) is 0 Å². The van der Waals surface area contributed by atoms with Crippen molar-refractivity contribution in [1.82, 2.24) is 16.2 Å². The van der Waals surface area contributed by atoms with Gasteiger partial charge in [-0.1, -0.05) is 12.1 Å². The van der Waals surface area contributed by atoms with E-state index in [0.717, 1.165) is 0 Å². The van der Waals surface area contributed by atoms with Crippen molar-refractivity contribution < 1.29 is 19.1 Å². The van der Waals surface area contributed by atoms with Crippen LogP contribution < -0.4 is 25.6 Å². The largest absolute Gasteiger partial charge is 0.497 e. The van der Waals surface area contributed by atoms with Crippen LogP contribution in [-0.4, -0.2) is 31.1 Å². The molecule has 0 aliphatic carbocycles. The third kappa shape index (κ3) is 4.92. The highest BCUT2D eigenvalue weighted by Gasteiger charge is 2.13. The molecule has 7 nitrogen and oxygen atoms in total. The van der Waals surface area contributed by atoms with Crippen molar-refractivity contribution in [3.63, 3.8) is 0 Å². The summed E-state index contributed by atoms with van der Waals surface area (Å²) in [5.41, 5.74) is 5.62. The normalized spacial score (nSPS) is 9.68. The first-order valence-electron chi connectivity index (χ1n) is 7.24. The van der Waals surface area contributed by atoms with E-state index in [0.29, 0.717) is 22.6 Å². The van der Waals surface area contributed by atoms with Gasteiger partial charge in [0.1, 0.15) is 11.5 Å². The van der Waals surface area contributed by atoms with Crippen LogP contribution in [0.3, 0.4) is 0 Å². The van der Waals surface area contributed by atoms with Gasteiger partial charge in [-0.2, -0.15) is 0 Å². The summed E-state index contributed by atoms with van der Waals surface area (Å²) >= 11 is 5.00. The molecule has 0 aliphatic heterocycles. The number of hydrogen-bond donors (Lipinski definition) is 3. The van der Waals surface area contributed by atoms with Crippen molar-refractivity contribution in [3.05, 3.63) is 59.7 Å². The molecule has 0 unspecified atom stereocenters. The molecule has 130 valence electrons. The van der Waals surface area contributed by atoms with Gasteiger partial charge in [-0.25, -0.2) is 0 Å². The molecule has 0 aromatic heterocycles. The Hall–Kier alpha value is -3.13. The Kier molecular flexibility index (Phi) is 6.30. The van der Waals surface area contributed by atoms with Crippen LogP contribution in [0.25, 0.3) is 0 Å². The lowest BCUT2D eigenvalue weighted by Gasteiger charge is -2.12. The number of rotatable bonds is 4. The number of methoxy groups -OCH3 is 2. The van der Waals surface area contributed by atoms with E-state index >= 15 is 0 Å². The Bertz CT molecular complexity index is 778. The van der Waals surface area contributed by atoms with Crippen molar-refractivity contribution in [2.75, 3.05) is 14.2 Å². The summed E-state index contributed by atoms with van der Waals surface area (Å²) in [5.74, 6) is 0.208. The molecule has 0 saturated carbocycles. The number of hydrazine groups is 1. The summed E-state index contributed by atoms with van der Waals surface area (Å²) in [6, 6.07) is 13.3. The minimum absolute atomic E-state index is 0.0437. The molecule has 0 atom stereocenters. The molecule has 0 fully saturated rings. The average Bonchev–Trinajstić information content (AvgIpc) is 2.66. The van der Waals surface area contributed by atoms with E-state index in [-0.39, 0.29) is 5.11 Å². The maximum atomic E-state index is 12.2. The fourth-order valence-corrected chi connectivity index (χ4v) is 2.11. The number of nitrogens with one attached hydrogen (secondary N) is 3. The predicted octanol–water partition coefficient (Wildman–Crippen LogP) is 1.65. The number of carbonyl (C=O) groups is 2. The Labute approximate surface area is 150 Å². The van der Waals surface area contributed by atoms with E-state index in [1.807, 2.05) is 0 Å². The lowest BCUT2D eigenvalue weighted by molar-refractivity contribution is 0.0934. The Balaban J connectivity index is 1.89. The van der Waals surface area contributed by atoms with Crippen LogP contribution in [0.2, 0.25) is 0 Å². The monoisotopic (exact) mass is 359 g/mol. The van der Waals surface area contributed by atoms with Gasteiger partial charge in [-0.05, 0) is 48.6 Å². The zero-order valence-electron chi connectivity index (χ0n) is 13.7. The fourth-order valence-electron chi connectivity index (χ4n) is 1.96. The number of para-hydroxylation sites is 1. The average molecular weight is 359 g/mol. The molecule has 0 radical (unpaired) electrons. The van der Waals surface area contributed by atoms with E-state index in [9.17, 15) is 9.59 Å². The van der Waals surface area contributed by atoms with E-state index < -0.39 is 11.8 Å². The third-order valence-corrected chi connectivity index (χ3v) is 3.42. The third-order valence-electron chi connectivity index (χ3n) is 3.22. The quantitative estimate of drug-likeness (QED) is 0.568. The van der Waals surface area contributed by atoms with Gasteiger partial charge >= 0.3 is 0 Å². The molecule has 8 heteroatoms. The van der Waals surface area contributed by atoms with Crippen LogP contribution in [-0.2, 0) is 0 Å².